The molecule has 2 rings (SSSR count). The Morgan fingerprint density at radius 3 is 2.32 bits per heavy atom. The van der Waals surface area contributed by atoms with Crippen molar-refractivity contribution in [1.29, 1.82) is 0 Å². The summed E-state index contributed by atoms with van der Waals surface area (Å²) < 4.78 is 31.1. The first-order valence-electron chi connectivity index (χ1n) is 8.27. The second kappa shape index (κ2) is 8.94. The van der Waals surface area contributed by atoms with Crippen LogP contribution in [0.1, 0.15) is 23.7 Å². The van der Waals surface area contributed by atoms with E-state index in [1.807, 2.05) is 0 Å². The fraction of sp³-hybridized carbons (Fsp3) is 0.211. The van der Waals surface area contributed by atoms with E-state index in [1.165, 1.54) is 24.3 Å². The first-order chi connectivity index (χ1) is 13.2. The van der Waals surface area contributed by atoms with Crippen molar-refractivity contribution >= 4 is 23.5 Å². The number of anilines is 1. The Bertz CT molecular complexity index is 917. The predicted molar refractivity (Wildman–Crippen MR) is 96.3 cm³/mol. The maximum atomic E-state index is 13.4. The van der Waals surface area contributed by atoms with Gasteiger partial charge in [0.25, 0.3) is 5.91 Å². The zero-order valence-electron chi connectivity index (χ0n) is 14.9. The van der Waals surface area contributed by atoms with Crippen LogP contribution in [0, 0.1) is 11.6 Å². The van der Waals surface area contributed by atoms with Crippen molar-refractivity contribution in [3.05, 3.63) is 53.6 Å². The monoisotopic (exact) mass is 392 g/mol. The molecule has 4 N–H and O–H groups in total. The molecule has 0 heterocycles. The third-order valence-electron chi connectivity index (χ3n) is 3.83. The normalized spacial score (nSPS) is 11.5. The van der Waals surface area contributed by atoms with E-state index in [2.05, 4.69) is 10.1 Å². The minimum absolute atomic E-state index is 0.00000617. The minimum Gasteiger partial charge on any atom is -0.480 e. The summed E-state index contributed by atoms with van der Waals surface area (Å²) in [5.41, 5.74) is 6.62. The molecule has 0 aliphatic rings. The largest absolute Gasteiger partial charge is 0.480 e. The number of amides is 1. The summed E-state index contributed by atoms with van der Waals surface area (Å²) in [6.07, 6.45) is -0.540. The minimum atomic E-state index is -1.49. The Kier molecular flexibility index (Phi) is 6.64. The van der Waals surface area contributed by atoms with Gasteiger partial charge in [0, 0.05) is 5.69 Å². The van der Waals surface area contributed by atoms with E-state index in [1.54, 1.807) is 6.92 Å². The molecule has 1 atom stereocenters. The highest BCUT2D eigenvalue weighted by Gasteiger charge is 2.25. The molecule has 0 saturated carbocycles. The molecule has 0 aromatic heterocycles. The molecule has 0 fully saturated rings. The molecule has 0 aliphatic heterocycles. The van der Waals surface area contributed by atoms with Crippen molar-refractivity contribution < 1.29 is 33.0 Å². The zero-order chi connectivity index (χ0) is 20.8. The molecule has 0 radical (unpaired) electrons. The number of hydrogen-bond donors (Lipinski definition) is 3. The summed E-state index contributed by atoms with van der Waals surface area (Å²) in [6.45, 7) is 1.65. The van der Waals surface area contributed by atoms with Crippen LogP contribution in [-0.4, -0.2) is 35.6 Å². The Hall–Kier alpha value is -3.49. The molecule has 0 saturated heterocycles. The summed E-state index contributed by atoms with van der Waals surface area (Å²) in [4.78, 5) is 35.1. The van der Waals surface area contributed by atoms with Crippen molar-refractivity contribution in [2.75, 3.05) is 12.3 Å². The van der Waals surface area contributed by atoms with Gasteiger partial charge in [-0.15, -0.1) is 0 Å². The van der Waals surface area contributed by atoms with Gasteiger partial charge in [-0.3, -0.25) is 9.59 Å². The van der Waals surface area contributed by atoms with Crippen LogP contribution >= 0.6 is 0 Å². The van der Waals surface area contributed by atoms with Crippen molar-refractivity contribution in [2.45, 2.75) is 19.4 Å². The van der Waals surface area contributed by atoms with Crippen LogP contribution in [0.2, 0.25) is 0 Å². The van der Waals surface area contributed by atoms with Crippen LogP contribution in [0.5, 0.6) is 0 Å². The molecular formula is C19H18F2N2O5. The molecule has 9 heteroatoms. The van der Waals surface area contributed by atoms with Gasteiger partial charge in [-0.2, -0.15) is 0 Å². The third kappa shape index (κ3) is 5.03. The molecule has 148 valence electrons. The van der Waals surface area contributed by atoms with E-state index < -0.39 is 41.9 Å². The molecule has 2 aromatic rings. The highest BCUT2D eigenvalue weighted by Crippen LogP contribution is 2.25. The van der Waals surface area contributed by atoms with Gasteiger partial charge in [0.2, 0.25) is 0 Å². The highest BCUT2D eigenvalue weighted by molar-refractivity contribution is 6.02. The van der Waals surface area contributed by atoms with Crippen LogP contribution in [0.25, 0.3) is 11.1 Å². The lowest BCUT2D eigenvalue weighted by Gasteiger charge is -2.15. The van der Waals surface area contributed by atoms with Crippen molar-refractivity contribution in [2.24, 2.45) is 0 Å². The van der Waals surface area contributed by atoms with Crippen molar-refractivity contribution in [1.82, 2.24) is 5.32 Å². The Morgan fingerprint density at radius 1 is 1.11 bits per heavy atom. The smallest absolute Gasteiger partial charge is 0.326 e. The number of rotatable bonds is 7. The van der Waals surface area contributed by atoms with Crippen LogP contribution in [0.15, 0.2) is 36.4 Å². The second-order valence-corrected chi connectivity index (χ2v) is 5.80. The summed E-state index contributed by atoms with van der Waals surface area (Å²) >= 11 is 0. The van der Waals surface area contributed by atoms with E-state index in [-0.39, 0.29) is 17.9 Å². The molecule has 28 heavy (non-hydrogen) atoms. The predicted octanol–water partition coefficient (Wildman–Crippen LogP) is 2.35. The van der Waals surface area contributed by atoms with Crippen LogP contribution in [-0.2, 0) is 14.3 Å². The van der Waals surface area contributed by atoms with Crippen molar-refractivity contribution in [3.63, 3.8) is 0 Å². The van der Waals surface area contributed by atoms with Crippen LogP contribution < -0.4 is 11.1 Å². The van der Waals surface area contributed by atoms with Gasteiger partial charge >= 0.3 is 11.9 Å². The number of carboxylic acid groups (broad SMARTS) is 1. The fourth-order valence-electron chi connectivity index (χ4n) is 2.45. The number of carboxylic acids is 1. The van der Waals surface area contributed by atoms with Gasteiger partial charge in [-0.25, -0.2) is 13.6 Å². The van der Waals surface area contributed by atoms with Gasteiger partial charge in [-0.05, 0) is 42.3 Å². The lowest BCUT2D eigenvalue weighted by Crippen LogP contribution is -2.42. The number of aliphatic carboxylic acids is 1. The topological polar surface area (TPSA) is 119 Å². The summed E-state index contributed by atoms with van der Waals surface area (Å²) in [7, 11) is 0. The molecule has 1 amide bonds. The van der Waals surface area contributed by atoms with E-state index in [4.69, 9.17) is 5.73 Å². The van der Waals surface area contributed by atoms with Gasteiger partial charge in [-0.1, -0.05) is 12.1 Å². The SMILES string of the molecule is CCOC(=O)C[C@H](NC(=O)c1ccc(-c2ccc(F)c(F)c2)cc1N)C(=O)O. The highest BCUT2D eigenvalue weighted by atomic mass is 19.2. The number of benzene rings is 2. The standard InChI is InChI=1S/C19H18F2N2O5/c1-2-28-17(24)9-16(19(26)27)23-18(25)12-5-3-11(8-15(12)22)10-4-6-13(20)14(21)7-10/h3-8,16H,2,9,22H2,1H3,(H,23,25)(H,26,27)/t16-/m0/s1. The Morgan fingerprint density at radius 2 is 1.75 bits per heavy atom. The number of halogens is 2. The van der Waals surface area contributed by atoms with Crippen LogP contribution in [0.3, 0.4) is 0 Å². The third-order valence-corrected chi connectivity index (χ3v) is 3.83. The fourth-order valence-corrected chi connectivity index (χ4v) is 2.45. The lowest BCUT2D eigenvalue weighted by atomic mass is 10.0. The number of esters is 1. The molecule has 2 aromatic carbocycles. The quantitative estimate of drug-likeness (QED) is 0.492. The number of carbonyl (C=O) groups excluding carboxylic acids is 2. The molecule has 0 aliphatic carbocycles. The zero-order valence-corrected chi connectivity index (χ0v) is 14.9. The van der Waals surface area contributed by atoms with E-state index in [9.17, 15) is 28.3 Å². The number of nitrogen functional groups attached to an aromatic ring is 1. The lowest BCUT2D eigenvalue weighted by molar-refractivity contribution is -0.149. The first-order valence-corrected chi connectivity index (χ1v) is 8.27. The van der Waals surface area contributed by atoms with E-state index in [0.717, 1.165) is 12.1 Å². The van der Waals surface area contributed by atoms with E-state index >= 15 is 0 Å². The Balaban J connectivity index is 2.20. The number of nitrogens with one attached hydrogen (secondary N) is 1. The Labute approximate surface area is 159 Å². The maximum Gasteiger partial charge on any atom is 0.326 e. The van der Waals surface area contributed by atoms with Gasteiger partial charge < -0.3 is 20.9 Å². The maximum absolute atomic E-state index is 13.4. The average Bonchev–Trinajstić information content (AvgIpc) is 2.63. The van der Waals surface area contributed by atoms with Crippen LogP contribution in [0.4, 0.5) is 14.5 Å². The number of carbonyl (C=O) groups is 3. The number of nitrogens with two attached hydrogens (primary N) is 1. The molecule has 0 unspecified atom stereocenters. The molecular weight excluding hydrogens is 374 g/mol. The number of hydrogen-bond acceptors (Lipinski definition) is 5. The summed E-state index contributed by atoms with van der Waals surface area (Å²) in [5, 5.41) is 11.4. The molecule has 7 nitrogen and oxygen atoms in total. The van der Waals surface area contributed by atoms with Gasteiger partial charge in [0.1, 0.15) is 6.04 Å². The summed E-state index contributed by atoms with van der Waals surface area (Å²) in [5.74, 6) is -4.99. The van der Waals surface area contributed by atoms with Gasteiger partial charge in [0.15, 0.2) is 11.6 Å². The number of ether oxygens (including phenoxy) is 1. The summed E-state index contributed by atoms with van der Waals surface area (Å²) in [6, 6.07) is 5.98. The van der Waals surface area contributed by atoms with Gasteiger partial charge in [0.05, 0.1) is 18.6 Å². The first kappa shape index (κ1) is 20.8. The second-order valence-electron chi connectivity index (χ2n) is 5.80. The molecule has 0 spiro atoms. The average molecular weight is 392 g/mol. The van der Waals surface area contributed by atoms with Crippen molar-refractivity contribution in [3.8, 4) is 11.1 Å². The van der Waals surface area contributed by atoms with E-state index in [0.29, 0.717) is 11.1 Å². The molecule has 0 bridgehead atoms.